The number of hydrogen-bond donors (Lipinski definition) is 0. The monoisotopic (exact) mass is 447 g/mol. The molecule has 0 amide bonds. The maximum absolute atomic E-state index is 13.0. The number of thioether (sulfide) groups is 1. The number of nitrogens with zero attached hydrogens (tertiary/aromatic N) is 3. The van der Waals surface area contributed by atoms with Crippen molar-refractivity contribution in [1.82, 2.24) is 14.8 Å². The van der Waals surface area contributed by atoms with E-state index >= 15 is 0 Å². The Bertz CT molecular complexity index is 1280. The van der Waals surface area contributed by atoms with Crippen LogP contribution in [-0.2, 0) is 6.42 Å². The van der Waals surface area contributed by atoms with Gasteiger partial charge in [-0.05, 0) is 37.6 Å². The van der Waals surface area contributed by atoms with Crippen molar-refractivity contribution in [2.24, 2.45) is 0 Å². The fraction of sp³-hybridized carbons (Fsp3) is 0.208. The van der Waals surface area contributed by atoms with E-state index in [4.69, 9.17) is 13.9 Å². The van der Waals surface area contributed by atoms with Crippen LogP contribution >= 0.6 is 11.8 Å². The van der Waals surface area contributed by atoms with Gasteiger partial charge in [0.25, 0.3) is 5.22 Å². The van der Waals surface area contributed by atoms with E-state index in [0.717, 1.165) is 28.4 Å². The van der Waals surface area contributed by atoms with E-state index in [9.17, 15) is 4.79 Å². The summed E-state index contributed by atoms with van der Waals surface area (Å²) >= 11 is 1.26. The van der Waals surface area contributed by atoms with Crippen LogP contribution in [0, 0.1) is 13.8 Å². The number of aryl methyl sites for hydroxylation is 1. The summed E-state index contributed by atoms with van der Waals surface area (Å²) in [6, 6.07) is 17.6. The van der Waals surface area contributed by atoms with Crippen molar-refractivity contribution in [3.8, 4) is 17.2 Å². The number of Topliss-reactive ketones (excluding diaryl/α,β-unsaturated/α-hetero) is 1. The van der Waals surface area contributed by atoms with Crippen LogP contribution in [0.3, 0.4) is 0 Å². The Labute approximate surface area is 189 Å². The van der Waals surface area contributed by atoms with E-state index in [0.29, 0.717) is 28.8 Å². The molecular formula is C24H21N3O4S. The van der Waals surface area contributed by atoms with Gasteiger partial charge in [0.1, 0.15) is 0 Å². The van der Waals surface area contributed by atoms with Crippen LogP contribution < -0.4 is 9.47 Å². The quantitative estimate of drug-likeness (QED) is 0.298. The largest absolute Gasteiger partial charge is 0.454 e. The molecule has 0 saturated heterocycles. The number of rotatable bonds is 7. The summed E-state index contributed by atoms with van der Waals surface area (Å²) in [6.07, 6.45) is 0.568. The second kappa shape index (κ2) is 8.55. The summed E-state index contributed by atoms with van der Waals surface area (Å²) in [5, 5.41) is 8.56. The minimum absolute atomic E-state index is 0.0119. The molecule has 4 aromatic rings. The number of ketones is 1. The highest BCUT2D eigenvalue weighted by atomic mass is 32.2. The van der Waals surface area contributed by atoms with Crippen LogP contribution in [0.25, 0.3) is 5.69 Å². The molecular weight excluding hydrogens is 426 g/mol. The van der Waals surface area contributed by atoms with Crippen molar-refractivity contribution < 1.29 is 18.7 Å². The molecule has 1 aliphatic heterocycles. The lowest BCUT2D eigenvalue weighted by Gasteiger charge is -2.10. The van der Waals surface area contributed by atoms with Gasteiger partial charge in [0.05, 0.1) is 12.2 Å². The Morgan fingerprint density at radius 1 is 1.03 bits per heavy atom. The van der Waals surface area contributed by atoms with E-state index < -0.39 is 0 Å². The zero-order valence-corrected chi connectivity index (χ0v) is 18.5. The number of fused-ring (bicyclic) bond motifs is 1. The molecule has 3 heterocycles. The molecule has 2 aromatic heterocycles. The van der Waals surface area contributed by atoms with E-state index in [-0.39, 0.29) is 18.3 Å². The third-order valence-corrected chi connectivity index (χ3v) is 6.14. The lowest BCUT2D eigenvalue weighted by Crippen LogP contribution is -2.05. The molecule has 2 aromatic carbocycles. The molecule has 0 N–H and O–H groups in total. The topological polar surface area (TPSA) is 79.4 Å². The molecule has 1 aliphatic rings. The van der Waals surface area contributed by atoms with Crippen molar-refractivity contribution in [2.45, 2.75) is 25.5 Å². The minimum atomic E-state index is 0.0119. The highest BCUT2D eigenvalue weighted by Gasteiger charge is 2.20. The Morgan fingerprint density at radius 3 is 2.69 bits per heavy atom. The van der Waals surface area contributed by atoms with Gasteiger partial charge in [0.2, 0.25) is 12.7 Å². The summed E-state index contributed by atoms with van der Waals surface area (Å²) in [5.74, 6) is 2.21. The van der Waals surface area contributed by atoms with Crippen molar-refractivity contribution in [1.29, 1.82) is 0 Å². The first-order valence-corrected chi connectivity index (χ1v) is 11.2. The second-order valence-corrected chi connectivity index (χ2v) is 8.42. The van der Waals surface area contributed by atoms with Gasteiger partial charge in [0, 0.05) is 28.7 Å². The van der Waals surface area contributed by atoms with Crippen LogP contribution in [0.5, 0.6) is 11.5 Å². The molecule has 5 rings (SSSR count). The van der Waals surface area contributed by atoms with Gasteiger partial charge in [-0.2, -0.15) is 0 Å². The van der Waals surface area contributed by atoms with Gasteiger partial charge in [0.15, 0.2) is 17.3 Å². The Morgan fingerprint density at radius 2 is 1.84 bits per heavy atom. The van der Waals surface area contributed by atoms with Crippen LogP contribution in [0.2, 0.25) is 0 Å². The number of benzene rings is 2. The van der Waals surface area contributed by atoms with Gasteiger partial charge in [-0.15, -0.1) is 10.2 Å². The number of carbonyl (C=O) groups is 1. The third-order valence-electron chi connectivity index (χ3n) is 5.32. The third kappa shape index (κ3) is 4.01. The molecule has 0 saturated carbocycles. The van der Waals surface area contributed by atoms with Gasteiger partial charge in [-0.1, -0.05) is 42.1 Å². The first-order valence-electron chi connectivity index (χ1n) is 10.2. The number of ether oxygens (including phenoxy) is 2. The summed E-state index contributed by atoms with van der Waals surface area (Å²) in [7, 11) is 0. The van der Waals surface area contributed by atoms with Crippen LogP contribution in [0.4, 0.5) is 0 Å². The normalized spacial score (nSPS) is 12.3. The van der Waals surface area contributed by atoms with Crippen molar-refractivity contribution >= 4 is 17.5 Å². The maximum Gasteiger partial charge on any atom is 0.277 e. The Hall–Kier alpha value is -3.52. The zero-order chi connectivity index (χ0) is 22.1. The highest BCUT2D eigenvalue weighted by molar-refractivity contribution is 7.99. The highest BCUT2D eigenvalue weighted by Crippen LogP contribution is 2.35. The predicted molar refractivity (Wildman–Crippen MR) is 120 cm³/mol. The summed E-state index contributed by atoms with van der Waals surface area (Å²) in [6.45, 7) is 4.15. The molecule has 8 heteroatoms. The lowest BCUT2D eigenvalue weighted by atomic mass is 10.2. The van der Waals surface area contributed by atoms with Gasteiger partial charge in [-0.25, -0.2) is 0 Å². The Balaban J connectivity index is 1.28. The maximum atomic E-state index is 13.0. The van der Waals surface area contributed by atoms with Crippen LogP contribution in [-0.4, -0.2) is 33.1 Å². The molecule has 0 fully saturated rings. The molecule has 0 aliphatic carbocycles. The zero-order valence-electron chi connectivity index (χ0n) is 17.7. The SMILES string of the molecule is Cc1cc(C(=O)CSc2nnc(Cc3ccccc3)o2)c(C)n1-c1ccc2c(c1)OCO2. The fourth-order valence-corrected chi connectivity index (χ4v) is 4.47. The molecule has 7 nitrogen and oxygen atoms in total. The number of aromatic nitrogens is 3. The molecule has 0 unspecified atom stereocenters. The summed E-state index contributed by atoms with van der Waals surface area (Å²) in [4.78, 5) is 13.0. The minimum Gasteiger partial charge on any atom is -0.454 e. The standard InChI is InChI=1S/C24H21N3O4S/c1-15-10-19(16(2)27(15)18-8-9-21-22(12-18)30-14-29-21)20(28)13-32-24-26-25-23(31-24)11-17-6-4-3-5-7-17/h3-10,12H,11,13-14H2,1-2H3. The Kier molecular flexibility index (Phi) is 5.45. The summed E-state index contributed by atoms with van der Waals surface area (Å²) < 4.78 is 18.6. The summed E-state index contributed by atoms with van der Waals surface area (Å²) in [5.41, 5.74) is 4.55. The number of hydrogen-bond acceptors (Lipinski definition) is 7. The van der Waals surface area contributed by atoms with E-state index in [2.05, 4.69) is 10.2 Å². The smallest absolute Gasteiger partial charge is 0.277 e. The first-order chi connectivity index (χ1) is 15.6. The molecule has 0 bridgehead atoms. The lowest BCUT2D eigenvalue weighted by molar-refractivity contribution is 0.102. The molecule has 0 radical (unpaired) electrons. The van der Waals surface area contributed by atoms with Gasteiger partial charge >= 0.3 is 0 Å². The van der Waals surface area contributed by atoms with E-state index in [1.54, 1.807) is 0 Å². The van der Waals surface area contributed by atoms with Crippen molar-refractivity contribution in [2.75, 3.05) is 12.5 Å². The second-order valence-electron chi connectivity index (χ2n) is 7.49. The molecule has 0 spiro atoms. The van der Waals surface area contributed by atoms with E-state index in [1.165, 1.54) is 11.8 Å². The van der Waals surface area contributed by atoms with E-state index in [1.807, 2.05) is 73.0 Å². The molecule has 0 atom stereocenters. The van der Waals surface area contributed by atoms with Crippen molar-refractivity contribution in [3.63, 3.8) is 0 Å². The molecule has 32 heavy (non-hydrogen) atoms. The molecule has 162 valence electrons. The van der Waals surface area contributed by atoms with Gasteiger partial charge < -0.3 is 18.5 Å². The first kappa shape index (κ1) is 20.4. The van der Waals surface area contributed by atoms with Gasteiger partial charge in [-0.3, -0.25) is 4.79 Å². The number of carbonyl (C=O) groups excluding carboxylic acids is 1. The predicted octanol–water partition coefficient (Wildman–Crippen LogP) is 4.77. The average molecular weight is 448 g/mol. The van der Waals surface area contributed by atoms with Crippen molar-refractivity contribution in [3.05, 3.63) is 83.0 Å². The average Bonchev–Trinajstić information content (AvgIpc) is 3.51. The van der Waals surface area contributed by atoms with Crippen LogP contribution in [0.15, 0.2) is 64.2 Å². The van der Waals surface area contributed by atoms with Crippen LogP contribution in [0.1, 0.15) is 33.2 Å². The fourth-order valence-electron chi connectivity index (χ4n) is 3.81.